The Labute approximate surface area is 124 Å². The number of nitrogens with zero attached hydrogens (tertiary/aromatic N) is 1. The Kier molecular flexibility index (Phi) is 3.00. The molecule has 0 amide bonds. The van der Waals surface area contributed by atoms with Crippen LogP contribution in [0, 0.1) is 0 Å². The standard InChI is InChI=1S/C17H20N2O2/c1-19-13-4-5-14(19)10-15(9-13)21-17(20)12-3-2-11-6-7-18-16(11)8-12/h2-3,6-8,13-15,18H,4-5,9-10H2,1H3/t13-,14+,15-. The van der Waals surface area contributed by atoms with Gasteiger partial charge in [-0.15, -0.1) is 0 Å². The zero-order chi connectivity index (χ0) is 14.4. The monoisotopic (exact) mass is 284 g/mol. The molecule has 1 N–H and O–H groups in total. The summed E-state index contributed by atoms with van der Waals surface area (Å²) in [7, 11) is 2.19. The van der Waals surface area contributed by atoms with Crippen LogP contribution in [0.4, 0.5) is 0 Å². The average molecular weight is 284 g/mol. The molecule has 0 radical (unpaired) electrons. The predicted octanol–water partition coefficient (Wildman–Crippen LogP) is 2.95. The third-order valence-electron chi connectivity index (χ3n) is 5.12. The number of aromatic nitrogens is 1. The van der Waals surface area contributed by atoms with Crippen LogP contribution in [-0.2, 0) is 4.74 Å². The molecule has 0 unspecified atom stereocenters. The molecule has 2 aliphatic heterocycles. The zero-order valence-electron chi connectivity index (χ0n) is 12.2. The lowest BCUT2D eigenvalue weighted by Gasteiger charge is -2.35. The summed E-state index contributed by atoms with van der Waals surface area (Å²) in [5, 5.41) is 1.11. The first kappa shape index (κ1) is 12.9. The molecule has 2 saturated heterocycles. The lowest BCUT2D eigenvalue weighted by atomic mass is 10.0. The van der Waals surface area contributed by atoms with Crippen molar-refractivity contribution < 1.29 is 9.53 Å². The van der Waals surface area contributed by atoms with Gasteiger partial charge in [0.2, 0.25) is 0 Å². The van der Waals surface area contributed by atoms with Gasteiger partial charge in [-0.3, -0.25) is 0 Å². The molecule has 3 atom stereocenters. The minimum absolute atomic E-state index is 0.0746. The van der Waals surface area contributed by atoms with Gasteiger partial charge in [0.1, 0.15) is 6.10 Å². The molecule has 2 bridgehead atoms. The average Bonchev–Trinajstić information content (AvgIpc) is 3.01. The number of piperidine rings is 1. The molecule has 3 heterocycles. The maximum atomic E-state index is 12.3. The number of rotatable bonds is 2. The molecule has 110 valence electrons. The van der Waals surface area contributed by atoms with Crippen molar-refractivity contribution >= 4 is 16.9 Å². The summed E-state index contributed by atoms with van der Waals surface area (Å²) in [6.07, 6.45) is 6.39. The molecule has 1 aromatic heterocycles. The second-order valence-electron chi connectivity index (χ2n) is 6.33. The van der Waals surface area contributed by atoms with E-state index in [0.29, 0.717) is 17.6 Å². The number of aromatic amines is 1. The third-order valence-corrected chi connectivity index (χ3v) is 5.12. The van der Waals surface area contributed by atoms with Crippen LogP contribution < -0.4 is 0 Å². The normalized spacial score (nSPS) is 28.9. The van der Waals surface area contributed by atoms with Crippen LogP contribution >= 0.6 is 0 Å². The largest absolute Gasteiger partial charge is 0.459 e. The van der Waals surface area contributed by atoms with Gasteiger partial charge in [-0.2, -0.15) is 0 Å². The van der Waals surface area contributed by atoms with E-state index in [4.69, 9.17) is 4.74 Å². The number of carbonyl (C=O) groups is 1. The van der Waals surface area contributed by atoms with Gasteiger partial charge in [0.15, 0.2) is 0 Å². The van der Waals surface area contributed by atoms with E-state index in [1.54, 1.807) is 0 Å². The minimum Gasteiger partial charge on any atom is -0.459 e. The van der Waals surface area contributed by atoms with E-state index < -0.39 is 0 Å². The molecular weight excluding hydrogens is 264 g/mol. The fraction of sp³-hybridized carbons (Fsp3) is 0.471. The number of H-pyrrole nitrogens is 1. The van der Waals surface area contributed by atoms with Gasteiger partial charge in [-0.1, -0.05) is 6.07 Å². The van der Waals surface area contributed by atoms with E-state index in [9.17, 15) is 4.79 Å². The van der Waals surface area contributed by atoms with Crippen molar-refractivity contribution in [3.8, 4) is 0 Å². The van der Waals surface area contributed by atoms with Crippen molar-refractivity contribution in [2.75, 3.05) is 7.05 Å². The molecule has 4 heteroatoms. The third kappa shape index (κ3) is 2.23. The van der Waals surface area contributed by atoms with Crippen LogP contribution in [-0.4, -0.2) is 41.1 Å². The molecule has 4 nitrogen and oxygen atoms in total. The van der Waals surface area contributed by atoms with Gasteiger partial charge in [0.05, 0.1) is 5.56 Å². The molecule has 2 fully saturated rings. The fourth-order valence-electron chi connectivity index (χ4n) is 3.85. The Morgan fingerprint density at radius 3 is 2.76 bits per heavy atom. The maximum absolute atomic E-state index is 12.3. The van der Waals surface area contributed by atoms with Gasteiger partial charge in [0, 0.05) is 36.6 Å². The summed E-state index contributed by atoms with van der Waals surface area (Å²) in [6.45, 7) is 0. The van der Waals surface area contributed by atoms with Gasteiger partial charge in [-0.25, -0.2) is 4.79 Å². The lowest BCUT2D eigenvalue weighted by molar-refractivity contribution is -0.000435. The second-order valence-corrected chi connectivity index (χ2v) is 6.33. The van der Waals surface area contributed by atoms with Crippen molar-refractivity contribution in [2.24, 2.45) is 0 Å². The van der Waals surface area contributed by atoms with Crippen molar-refractivity contribution in [3.05, 3.63) is 36.0 Å². The highest BCUT2D eigenvalue weighted by Crippen LogP contribution is 2.35. The quantitative estimate of drug-likeness (QED) is 0.862. The second kappa shape index (κ2) is 4.88. The van der Waals surface area contributed by atoms with Crippen LogP contribution in [0.15, 0.2) is 30.5 Å². The molecule has 0 spiro atoms. The number of fused-ring (bicyclic) bond motifs is 3. The van der Waals surface area contributed by atoms with Gasteiger partial charge in [0.25, 0.3) is 0 Å². The SMILES string of the molecule is CN1[C@@H]2CC[C@H]1C[C@H](OC(=O)c1ccc3cc[nH]c3c1)C2. The van der Waals surface area contributed by atoms with Gasteiger partial charge in [-0.05, 0) is 43.5 Å². The highest BCUT2D eigenvalue weighted by molar-refractivity contribution is 5.94. The van der Waals surface area contributed by atoms with Crippen molar-refractivity contribution in [2.45, 2.75) is 43.9 Å². The smallest absolute Gasteiger partial charge is 0.338 e. The number of carbonyl (C=O) groups excluding carboxylic acids is 1. The number of hydrogen-bond donors (Lipinski definition) is 1. The van der Waals surface area contributed by atoms with Crippen molar-refractivity contribution in [3.63, 3.8) is 0 Å². The summed E-state index contributed by atoms with van der Waals surface area (Å²) in [5.41, 5.74) is 1.61. The Bertz CT molecular complexity index is 664. The number of benzene rings is 1. The number of hydrogen-bond acceptors (Lipinski definition) is 3. The molecule has 1 aromatic carbocycles. The van der Waals surface area contributed by atoms with E-state index in [0.717, 1.165) is 23.7 Å². The predicted molar refractivity (Wildman–Crippen MR) is 81.3 cm³/mol. The summed E-state index contributed by atoms with van der Waals surface area (Å²) >= 11 is 0. The summed E-state index contributed by atoms with van der Waals surface area (Å²) in [4.78, 5) is 17.9. The fourth-order valence-corrected chi connectivity index (χ4v) is 3.85. The van der Waals surface area contributed by atoms with Crippen LogP contribution in [0.25, 0.3) is 10.9 Å². The Morgan fingerprint density at radius 2 is 2.00 bits per heavy atom. The van der Waals surface area contributed by atoms with Crippen LogP contribution in [0.1, 0.15) is 36.0 Å². The van der Waals surface area contributed by atoms with Crippen LogP contribution in [0.3, 0.4) is 0 Å². The molecule has 0 saturated carbocycles. The van der Waals surface area contributed by atoms with E-state index >= 15 is 0 Å². The number of ether oxygens (including phenoxy) is 1. The first-order valence-corrected chi connectivity index (χ1v) is 7.71. The molecule has 4 rings (SSSR count). The zero-order valence-corrected chi connectivity index (χ0v) is 12.2. The molecule has 2 aromatic rings. The van der Waals surface area contributed by atoms with E-state index in [-0.39, 0.29) is 12.1 Å². The summed E-state index contributed by atoms with van der Waals surface area (Å²) in [5.74, 6) is -0.194. The highest BCUT2D eigenvalue weighted by Gasteiger charge is 2.39. The molecule has 0 aliphatic carbocycles. The van der Waals surface area contributed by atoms with Crippen molar-refractivity contribution in [1.29, 1.82) is 0 Å². The highest BCUT2D eigenvalue weighted by atomic mass is 16.5. The first-order valence-electron chi connectivity index (χ1n) is 7.71. The van der Waals surface area contributed by atoms with Crippen molar-refractivity contribution in [1.82, 2.24) is 9.88 Å². The lowest BCUT2D eigenvalue weighted by Crippen LogP contribution is -2.43. The van der Waals surface area contributed by atoms with Gasteiger partial charge >= 0.3 is 5.97 Å². The Hall–Kier alpha value is -1.81. The number of nitrogens with one attached hydrogen (secondary N) is 1. The van der Waals surface area contributed by atoms with Crippen LogP contribution in [0.5, 0.6) is 0 Å². The van der Waals surface area contributed by atoms with Crippen LogP contribution in [0.2, 0.25) is 0 Å². The van der Waals surface area contributed by atoms with E-state index in [1.807, 2.05) is 30.5 Å². The maximum Gasteiger partial charge on any atom is 0.338 e. The molecular formula is C17H20N2O2. The Balaban J connectivity index is 1.48. The molecule has 2 aliphatic rings. The van der Waals surface area contributed by atoms with E-state index in [2.05, 4.69) is 16.9 Å². The van der Waals surface area contributed by atoms with Gasteiger partial charge < -0.3 is 14.6 Å². The number of esters is 1. The molecule has 21 heavy (non-hydrogen) atoms. The topological polar surface area (TPSA) is 45.3 Å². The summed E-state index contributed by atoms with van der Waals surface area (Å²) in [6, 6.07) is 8.86. The summed E-state index contributed by atoms with van der Waals surface area (Å²) < 4.78 is 5.75. The Morgan fingerprint density at radius 1 is 1.24 bits per heavy atom. The first-order chi connectivity index (χ1) is 10.2. The minimum atomic E-state index is -0.194. The van der Waals surface area contributed by atoms with E-state index in [1.165, 1.54) is 12.8 Å².